The van der Waals surface area contributed by atoms with E-state index in [9.17, 15) is 4.79 Å². The maximum atomic E-state index is 12.8. The molecule has 0 saturated heterocycles. The first-order chi connectivity index (χ1) is 11.9. The molecule has 136 valence electrons. The Labute approximate surface area is 151 Å². The number of aromatic nitrogens is 2. The van der Waals surface area contributed by atoms with E-state index >= 15 is 0 Å². The molecule has 0 fully saturated rings. The molecule has 0 radical (unpaired) electrons. The van der Waals surface area contributed by atoms with Crippen LogP contribution >= 0.6 is 0 Å². The van der Waals surface area contributed by atoms with Crippen molar-refractivity contribution in [2.45, 2.75) is 60.3 Å². The fourth-order valence-corrected chi connectivity index (χ4v) is 2.82. The molecule has 0 N–H and O–H groups in total. The Morgan fingerprint density at radius 1 is 1.20 bits per heavy atom. The highest BCUT2D eigenvalue weighted by Crippen LogP contribution is 2.19. The first-order valence-corrected chi connectivity index (χ1v) is 9.26. The summed E-state index contributed by atoms with van der Waals surface area (Å²) in [6, 6.07) is 7.35. The second-order valence-electron chi connectivity index (χ2n) is 7.03. The summed E-state index contributed by atoms with van der Waals surface area (Å²) in [6.07, 6.45) is 4.25. The van der Waals surface area contributed by atoms with E-state index in [0.29, 0.717) is 18.1 Å². The molecule has 0 unspecified atom stereocenters. The highest BCUT2D eigenvalue weighted by Gasteiger charge is 2.17. The predicted octanol–water partition coefficient (Wildman–Crippen LogP) is 4.96. The number of benzene rings is 1. The molecular formula is C21H30N2O2. The molecule has 0 atom stereocenters. The van der Waals surface area contributed by atoms with E-state index in [1.807, 2.05) is 38.1 Å². The van der Waals surface area contributed by atoms with Crippen molar-refractivity contribution in [1.29, 1.82) is 0 Å². The lowest BCUT2D eigenvalue weighted by Crippen LogP contribution is -2.15. The molecule has 0 bridgehead atoms. The monoisotopic (exact) mass is 342 g/mol. The number of hydrogen-bond acceptors (Lipinski definition) is 3. The van der Waals surface area contributed by atoms with Gasteiger partial charge < -0.3 is 4.74 Å². The molecule has 0 aliphatic heterocycles. The van der Waals surface area contributed by atoms with Crippen molar-refractivity contribution in [2.75, 3.05) is 6.61 Å². The van der Waals surface area contributed by atoms with Gasteiger partial charge >= 0.3 is 0 Å². The second kappa shape index (κ2) is 8.84. The van der Waals surface area contributed by atoms with Crippen LogP contribution in [0.5, 0.6) is 5.75 Å². The van der Waals surface area contributed by atoms with Crippen LogP contribution in [0.1, 0.15) is 67.3 Å². The van der Waals surface area contributed by atoms with Crippen LogP contribution in [-0.4, -0.2) is 22.3 Å². The van der Waals surface area contributed by atoms with Gasteiger partial charge in [-0.05, 0) is 68.9 Å². The van der Waals surface area contributed by atoms with E-state index in [1.165, 1.54) is 10.2 Å². The average Bonchev–Trinajstić information content (AvgIpc) is 2.87. The maximum absolute atomic E-state index is 12.8. The molecule has 0 spiro atoms. The summed E-state index contributed by atoms with van der Waals surface area (Å²) in [6.45, 7) is 11.2. The molecule has 25 heavy (non-hydrogen) atoms. The highest BCUT2D eigenvalue weighted by atomic mass is 16.5. The number of ether oxygens (including phenoxy) is 1. The van der Waals surface area contributed by atoms with Crippen molar-refractivity contribution in [3.63, 3.8) is 0 Å². The van der Waals surface area contributed by atoms with Crippen LogP contribution in [0.15, 0.2) is 24.3 Å². The topological polar surface area (TPSA) is 44.1 Å². The van der Waals surface area contributed by atoms with Crippen LogP contribution in [0.3, 0.4) is 0 Å². The van der Waals surface area contributed by atoms with Crippen LogP contribution in [0.2, 0.25) is 0 Å². The van der Waals surface area contributed by atoms with E-state index in [1.54, 1.807) is 0 Å². The van der Waals surface area contributed by atoms with Gasteiger partial charge in [-0.25, -0.2) is 4.68 Å². The van der Waals surface area contributed by atoms with Crippen LogP contribution < -0.4 is 4.74 Å². The van der Waals surface area contributed by atoms with Crippen molar-refractivity contribution >= 4 is 5.91 Å². The average molecular weight is 342 g/mol. The number of carbonyl (C=O) groups is 1. The zero-order valence-corrected chi connectivity index (χ0v) is 16.1. The minimum Gasteiger partial charge on any atom is -0.494 e. The number of aryl methyl sites for hydroxylation is 1. The lowest BCUT2D eigenvalue weighted by atomic mass is 10.1. The van der Waals surface area contributed by atoms with Gasteiger partial charge in [0.1, 0.15) is 5.75 Å². The quantitative estimate of drug-likeness (QED) is 0.681. The molecule has 0 amide bonds. The van der Waals surface area contributed by atoms with Crippen molar-refractivity contribution in [3.05, 3.63) is 46.8 Å². The van der Waals surface area contributed by atoms with Gasteiger partial charge in [0.25, 0.3) is 5.91 Å². The summed E-state index contributed by atoms with van der Waals surface area (Å²) in [5, 5.41) is 4.47. The first kappa shape index (κ1) is 19.2. The van der Waals surface area contributed by atoms with Crippen LogP contribution in [0.25, 0.3) is 0 Å². The minimum atomic E-state index is -0.0860. The second-order valence-corrected chi connectivity index (χ2v) is 7.03. The van der Waals surface area contributed by atoms with Gasteiger partial charge in [-0.2, -0.15) is 5.10 Å². The number of carbonyl (C=O) groups excluding carboxylic acids is 1. The van der Waals surface area contributed by atoms with E-state index in [4.69, 9.17) is 4.74 Å². The number of rotatable bonds is 8. The fourth-order valence-electron chi connectivity index (χ4n) is 2.82. The van der Waals surface area contributed by atoms with Gasteiger partial charge in [-0.1, -0.05) is 27.2 Å². The summed E-state index contributed by atoms with van der Waals surface area (Å²) in [5.41, 5.74) is 3.73. The van der Waals surface area contributed by atoms with Crippen molar-refractivity contribution in [1.82, 2.24) is 9.78 Å². The minimum absolute atomic E-state index is 0.0860. The van der Waals surface area contributed by atoms with Crippen LogP contribution in [0, 0.1) is 19.8 Å². The molecule has 2 rings (SSSR count). The molecule has 0 saturated carbocycles. The third kappa shape index (κ3) is 4.94. The van der Waals surface area contributed by atoms with Crippen molar-refractivity contribution in [3.8, 4) is 5.75 Å². The van der Waals surface area contributed by atoms with Gasteiger partial charge in [-0.3, -0.25) is 4.79 Å². The number of hydrogen-bond donors (Lipinski definition) is 0. The summed E-state index contributed by atoms with van der Waals surface area (Å²) in [7, 11) is 0. The molecule has 1 heterocycles. The van der Waals surface area contributed by atoms with Gasteiger partial charge in [0, 0.05) is 11.3 Å². The van der Waals surface area contributed by atoms with Gasteiger partial charge in [0.2, 0.25) is 0 Å². The lowest BCUT2D eigenvalue weighted by molar-refractivity contribution is 0.0942. The molecule has 4 heteroatoms. The Bertz CT molecular complexity index is 699. The summed E-state index contributed by atoms with van der Waals surface area (Å²) < 4.78 is 7.25. The summed E-state index contributed by atoms with van der Waals surface area (Å²) in [5.74, 6) is 1.33. The molecule has 4 nitrogen and oxygen atoms in total. The van der Waals surface area contributed by atoms with Gasteiger partial charge in [0.15, 0.2) is 0 Å². The fraction of sp³-hybridized carbons (Fsp3) is 0.524. The molecule has 2 aromatic rings. The van der Waals surface area contributed by atoms with Gasteiger partial charge in [-0.15, -0.1) is 0 Å². The standard InChI is InChI=1S/C21H30N2O2/c1-6-7-8-20-16(4)22-23(17(20)5)21(24)18-9-11-19(12-10-18)25-14-13-15(2)3/h9-12,15H,6-8,13-14H2,1-5H3. The molecule has 0 aliphatic carbocycles. The van der Waals surface area contributed by atoms with E-state index in [-0.39, 0.29) is 5.91 Å². The molecular weight excluding hydrogens is 312 g/mol. The summed E-state index contributed by atoms with van der Waals surface area (Å²) in [4.78, 5) is 12.8. The zero-order valence-electron chi connectivity index (χ0n) is 16.1. The molecule has 0 aliphatic rings. The van der Waals surface area contributed by atoms with Crippen LogP contribution in [0.4, 0.5) is 0 Å². The van der Waals surface area contributed by atoms with Crippen LogP contribution in [-0.2, 0) is 6.42 Å². The third-order valence-corrected chi connectivity index (χ3v) is 4.48. The maximum Gasteiger partial charge on any atom is 0.278 e. The zero-order chi connectivity index (χ0) is 18.4. The SMILES string of the molecule is CCCCc1c(C)nn(C(=O)c2ccc(OCCC(C)C)cc2)c1C. The van der Waals surface area contributed by atoms with Gasteiger partial charge in [0.05, 0.1) is 12.3 Å². The number of unbranched alkanes of at least 4 members (excludes halogenated alkanes) is 1. The molecule has 1 aromatic carbocycles. The highest BCUT2D eigenvalue weighted by molar-refractivity contribution is 5.96. The van der Waals surface area contributed by atoms with Crippen molar-refractivity contribution in [2.24, 2.45) is 5.92 Å². The lowest BCUT2D eigenvalue weighted by Gasteiger charge is -2.09. The third-order valence-electron chi connectivity index (χ3n) is 4.48. The number of nitrogens with zero attached hydrogens (tertiary/aromatic N) is 2. The Kier molecular flexibility index (Phi) is 6.80. The predicted molar refractivity (Wildman–Crippen MR) is 101 cm³/mol. The van der Waals surface area contributed by atoms with E-state index in [2.05, 4.69) is 25.9 Å². The Hall–Kier alpha value is -2.10. The smallest absolute Gasteiger partial charge is 0.278 e. The summed E-state index contributed by atoms with van der Waals surface area (Å²) >= 11 is 0. The normalized spacial score (nSPS) is 11.1. The van der Waals surface area contributed by atoms with Crippen molar-refractivity contribution < 1.29 is 9.53 Å². The first-order valence-electron chi connectivity index (χ1n) is 9.26. The Morgan fingerprint density at radius 3 is 2.48 bits per heavy atom. The Balaban J connectivity index is 2.10. The van der Waals surface area contributed by atoms with E-state index in [0.717, 1.165) is 42.8 Å². The molecule has 1 aromatic heterocycles. The largest absolute Gasteiger partial charge is 0.494 e. The Morgan fingerprint density at radius 2 is 1.88 bits per heavy atom. The van der Waals surface area contributed by atoms with E-state index < -0.39 is 0 Å².